The molecule has 2 aliphatic heterocycles. The van der Waals surface area contributed by atoms with Gasteiger partial charge in [-0.2, -0.15) is 0 Å². The van der Waals surface area contributed by atoms with Crippen LogP contribution in [0, 0.1) is 5.82 Å². The van der Waals surface area contributed by atoms with E-state index in [0.717, 1.165) is 25.9 Å². The average molecular weight is 481 g/mol. The molecule has 35 heavy (non-hydrogen) atoms. The summed E-state index contributed by atoms with van der Waals surface area (Å²) in [7, 11) is 1.53. The van der Waals surface area contributed by atoms with E-state index in [9.17, 15) is 14.0 Å². The van der Waals surface area contributed by atoms with Crippen molar-refractivity contribution in [1.29, 1.82) is 0 Å². The van der Waals surface area contributed by atoms with Crippen LogP contribution in [-0.2, 0) is 11.2 Å². The number of aromatic nitrogens is 3. The SMILES string of the molecule is COc1ccc2ncc(F)c(CCN3CCC(NC(=O)c4ccc5c(n4)NC(=O)CO5)CC3)c2n1. The molecule has 0 unspecified atom stereocenters. The molecule has 5 rings (SSSR count). The third kappa shape index (κ3) is 4.99. The Morgan fingerprint density at radius 3 is 2.89 bits per heavy atom. The van der Waals surface area contributed by atoms with E-state index in [1.165, 1.54) is 13.3 Å². The van der Waals surface area contributed by atoms with Crippen LogP contribution in [0.5, 0.6) is 11.6 Å². The van der Waals surface area contributed by atoms with Gasteiger partial charge in [0.05, 0.1) is 24.3 Å². The van der Waals surface area contributed by atoms with Crippen molar-refractivity contribution in [3.8, 4) is 11.6 Å². The number of hydrogen-bond acceptors (Lipinski definition) is 8. The number of amides is 2. The topological polar surface area (TPSA) is 119 Å². The Labute approximate surface area is 200 Å². The number of rotatable bonds is 6. The van der Waals surface area contributed by atoms with E-state index < -0.39 is 0 Å². The van der Waals surface area contributed by atoms with Gasteiger partial charge >= 0.3 is 0 Å². The molecule has 182 valence electrons. The van der Waals surface area contributed by atoms with Crippen LogP contribution < -0.4 is 20.1 Å². The molecule has 2 amide bonds. The molecule has 0 bridgehead atoms. The van der Waals surface area contributed by atoms with E-state index in [2.05, 4.69) is 30.5 Å². The number of nitrogens with zero attached hydrogens (tertiary/aromatic N) is 4. The minimum absolute atomic E-state index is 0.00634. The Morgan fingerprint density at radius 1 is 1.26 bits per heavy atom. The molecule has 5 heterocycles. The number of likely N-dealkylation sites (tertiary alicyclic amines) is 1. The molecule has 1 saturated heterocycles. The molecule has 1 fully saturated rings. The first-order valence-corrected chi connectivity index (χ1v) is 11.4. The fraction of sp³-hybridized carbons (Fsp3) is 0.375. The van der Waals surface area contributed by atoms with Crippen LogP contribution >= 0.6 is 0 Å². The summed E-state index contributed by atoms with van der Waals surface area (Å²) in [4.78, 5) is 39.2. The van der Waals surface area contributed by atoms with Crippen molar-refractivity contribution in [3.63, 3.8) is 0 Å². The first-order valence-electron chi connectivity index (χ1n) is 11.4. The zero-order valence-corrected chi connectivity index (χ0v) is 19.2. The van der Waals surface area contributed by atoms with Crippen LogP contribution in [-0.4, -0.2) is 71.1 Å². The fourth-order valence-corrected chi connectivity index (χ4v) is 4.35. The lowest BCUT2D eigenvalue weighted by Crippen LogP contribution is -2.45. The number of fused-ring (bicyclic) bond motifs is 2. The van der Waals surface area contributed by atoms with Gasteiger partial charge in [-0.3, -0.25) is 14.6 Å². The Bertz CT molecular complexity index is 1280. The largest absolute Gasteiger partial charge is 0.481 e. The monoisotopic (exact) mass is 480 g/mol. The second kappa shape index (κ2) is 9.79. The molecule has 3 aromatic heterocycles. The molecule has 10 nitrogen and oxygen atoms in total. The van der Waals surface area contributed by atoms with E-state index in [1.54, 1.807) is 24.3 Å². The first kappa shape index (κ1) is 22.9. The van der Waals surface area contributed by atoms with Gasteiger partial charge < -0.3 is 25.0 Å². The van der Waals surface area contributed by atoms with Crippen molar-refractivity contribution in [2.45, 2.75) is 25.3 Å². The number of hydrogen-bond donors (Lipinski definition) is 2. The molecule has 3 aromatic rings. The van der Waals surface area contributed by atoms with Gasteiger partial charge in [0.1, 0.15) is 11.5 Å². The van der Waals surface area contributed by atoms with Crippen LogP contribution in [0.4, 0.5) is 10.2 Å². The lowest BCUT2D eigenvalue weighted by molar-refractivity contribution is -0.118. The maximum Gasteiger partial charge on any atom is 0.270 e. The van der Waals surface area contributed by atoms with Crippen LogP contribution in [0.15, 0.2) is 30.5 Å². The predicted molar refractivity (Wildman–Crippen MR) is 125 cm³/mol. The van der Waals surface area contributed by atoms with Gasteiger partial charge in [-0.05, 0) is 37.5 Å². The van der Waals surface area contributed by atoms with E-state index in [1.807, 2.05) is 0 Å². The third-order valence-corrected chi connectivity index (χ3v) is 6.26. The van der Waals surface area contributed by atoms with Crippen LogP contribution in [0.25, 0.3) is 11.0 Å². The molecule has 0 radical (unpaired) electrons. The second-order valence-corrected chi connectivity index (χ2v) is 8.53. The smallest absolute Gasteiger partial charge is 0.270 e. The Balaban J connectivity index is 1.16. The van der Waals surface area contributed by atoms with E-state index in [-0.39, 0.29) is 41.8 Å². The Kier molecular flexibility index (Phi) is 6.41. The molecule has 2 N–H and O–H groups in total. The number of anilines is 1. The maximum absolute atomic E-state index is 14.6. The highest BCUT2D eigenvalue weighted by molar-refractivity contribution is 5.97. The second-order valence-electron chi connectivity index (χ2n) is 8.53. The minimum Gasteiger partial charge on any atom is -0.481 e. The number of methoxy groups -OCH3 is 1. The van der Waals surface area contributed by atoms with Crippen molar-refractivity contribution in [1.82, 2.24) is 25.2 Å². The number of halogens is 1. The lowest BCUT2D eigenvalue weighted by atomic mass is 10.0. The lowest BCUT2D eigenvalue weighted by Gasteiger charge is -2.32. The normalized spacial score (nSPS) is 16.3. The van der Waals surface area contributed by atoms with Crippen molar-refractivity contribution < 1.29 is 23.5 Å². The van der Waals surface area contributed by atoms with Gasteiger partial charge in [-0.25, -0.2) is 14.4 Å². The summed E-state index contributed by atoms with van der Waals surface area (Å²) in [6.45, 7) is 2.15. The van der Waals surface area contributed by atoms with Gasteiger partial charge in [0.15, 0.2) is 18.2 Å². The standard InChI is InChI=1S/C24H25FN6O4/c1-34-21-5-3-17-22(30-21)15(16(25)12-26-17)8-11-31-9-6-14(7-10-31)27-24(33)18-2-4-19-23(28-18)29-20(32)13-35-19/h2-5,12,14H,6-11,13H2,1H3,(H,27,33)(H,28,29,32). The van der Waals surface area contributed by atoms with Gasteiger partial charge in [0.2, 0.25) is 5.88 Å². The molecule has 0 atom stereocenters. The number of piperidine rings is 1. The minimum atomic E-state index is -0.375. The Morgan fingerprint density at radius 2 is 2.09 bits per heavy atom. The summed E-state index contributed by atoms with van der Waals surface area (Å²) >= 11 is 0. The number of carbonyl (C=O) groups is 2. The van der Waals surface area contributed by atoms with Gasteiger partial charge in [0.25, 0.3) is 11.8 Å². The maximum atomic E-state index is 14.6. The summed E-state index contributed by atoms with van der Waals surface area (Å²) in [5.41, 5.74) is 1.90. The van der Waals surface area contributed by atoms with Gasteiger partial charge in [-0.1, -0.05) is 0 Å². The van der Waals surface area contributed by atoms with Gasteiger partial charge in [0, 0.05) is 37.3 Å². The Hall–Kier alpha value is -3.86. The van der Waals surface area contributed by atoms with Crippen LogP contribution in [0.3, 0.4) is 0 Å². The molecule has 11 heteroatoms. The highest BCUT2D eigenvalue weighted by Gasteiger charge is 2.24. The van der Waals surface area contributed by atoms with Crippen LogP contribution in [0.1, 0.15) is 28.9 Å². The summed E-state index contributed by atoms with van der Waals surface area (Å²) in [6.07, 6.45) is 3.26. The fourth-order valence-electron chi connectivity index (χ4n) is 4.35. The zero-order chi connectivity index (χ0) is 24.4. The summed E-state index contributed by atoms with van der Waals surface area (Å²) < 4.78 is 25.0. The number of ether oxygens (including phenoxy) is 2. The molecular weight excluding hydrogens is 455 g/mol. The number of pyridine rings is 3. The molecule has 2 aliphatic rings. The van der Waals surface area contributed by atoms with Crippen molar-refractivity contribution in [2.24, 2.45) is 0 Å². The number of nitrogens with one attached hydrogen (secondary N) is 2. The zero-order valence-electron chi connectivity index (χ0n) is 19.2. The quantitative estimate of drug-likeness (QED) is 0.550. The molecule has 0 aromatic carbocycles. The van der Waals surface area contributed by atoms with Crippen molar-refractivity contribution >= 4 is 28.7 Å². The highest BCUT2D eigenvalue weighted by atomic mass is 19.1. The summed E-state index contributed by atoms with van der Waals surface area (Å²) in [5, 5.41) is 5.63. The van der Waals surface area contributed by atoms with E-state index >= 15 is 0 Å². The van der Waals surface area contributed by atoms with Crippen molar-refractivity contribution in [2.75, 3.05) is 38.7 Å². The summed E-state index contributed by atoms with van der Waals surface area (Å²) in [6, 6.07) is 6.70. The molecule has 0 aliphatic carbocycles. The first-order chi connectivity index (χ1) is 17.0. The third-order valence-electron chi connectivity index (χ3n) is 6.26. The van der Waals surface area contributed by atoms with E-state index in [4.69, 9.17) is 9.47 Å². The molecule has 0 saturated carbocycles. The van der Waals surface area contributed by atoms with Crippen molar-refractivity contribution in [3.05, 3.63) is 47.5 Å². The highest BCUT2D eigenvalue weighted by Crippen LogP contribution is 2.26. The predicted octanol–water partition coefficient (Wildman–Crippen LogP) is 1.94. The molecular formula is C24H25FN6O4. The van der Waals surface area contributed by atoms with E-state index in [0.29, 0.717) is 41.2 Å². The summed E-state index contributed by atoms with van der Waals surface area (Å²) in [5.74, 6) is 0.152. The molecule has 0 spiro atoms. The van der Waals surface area contributed by atoms with Gasteiger partial charge in [-0.15, -0.1) is 0 Å². The number of carbonyl (C=O) groups excluding carboxylic acids is 2. The average Bonchev–Trinajstić information content (AvgIpc) is 2.88. The van der Waals surface area contributed by atoms with Crippen LogP contribution in [0.2, 0.25) is 0 Å².